The molecular formula is C58H41NO. The fraction of sp³-hybridized carbons (Fsp3) is 0.0690. The molecule has 0 unspecified atom stereocenters. The zero-order valence-corrected chi connectivity index (χ0v) is 33.6. The summed E-state index contributed by atoms with van der Waals surface area (Å²) in [5, 5.41) is 2.22. The van der Waals surface area contributed by atoms with E-state index in [0.717, 1.165) is 39.0 Å². The molecule has 0 bridgehead atoms. The van der Waals surface area contributed by atoms with E-state index in [1.54, 1.807) is 0 Å². The molecule has 284 valence electrons. The summed E-state index contributed by atoms with van der Waals surface area (Å²) in [6.45, 7) is 4.77. The van der Waals surface area contributed by atoms with Crippen molar-refractivity contribution in [1.82, 2.24) is 0 Å². The number of fused-ring (bicyclic) bond motifs is 12. The van der Waals surface area contributed by atoms with Crippen LogP contribution < -0.4 is 4.90 Å². The second-order valence-electron chi connectivity index (χ2n) is 16.8. The van der Waals surface area contributed by atoms with Gasteiger partial charge in [-0.1, -0.05) is 172 Å². The van der Waals surface area contributed by atoms with Gasteiger partial charge in [0.05, 0.1) is 5.41 Å². The van der Waals surface area contributed by atoms with Gasteiger partial charge >= 0.3 is 0 Å². The Kier molecular flexibility index (Phi) is 7.52. The van der Waals surface area contributed by atoms with Crippen molar-refractivity contribution in [3.63, 3.8) is 0 Å². The van der Waals surface area contributed by atoms with E-state index in [4.69, 9.17) is 4.42 Å². The molecular weight excluding hydrogens is 727 g/mol. The highest BCUT2D eigenvalue weighted by molar-refractivity contribution is 6.06. The third-order valence-electron chi connectivity index (χ3n) is 13.3. The van der Waals surface area contributed by atoms with Gasteiger partial charge in [0, 0.05) is 33.2 Å². The predicted octanol–water partition coefficient (Wildman–Crippen LogP) is 15.4. The lowest BCUT2D eigenvalue weighted by atomic mass is 9.55. The fourth-order valence-electron chi connectivity index (χ4n) is 10.6. The Morgan fingerprint density at radius 1 is 0.333 bits per heavy atom. The number of furan rings is 1. The largest absolute Gasteiger partial charge is 0.456 e. The number of para-hydroxylation sites is 1. The number of anilines is 3. The molecule has 0 amide bonds. The van der Waals surface area contributed by atoms with Gasteiger partial charge in [0.25, 0.3) is 0 Å². The summed E-state index contributed by atoms with van der Waals surface area (Å²) in [6, 6.07) is 78.0. The Labute approximate surface area is 350 Å². The maximum Gasteiger partial charge on any atom is 0.135 e. The lowest BCUT2D eigenvalue weighted by Gasteiger charge is -2.46. The Balaban J connectivity index is 1.04. The quantitative estimate of drug-likeness (QED) is 0.173. The van der Waals surface area contributed by atoms with Crippen LogP contribution in [0.25, 0.3) is 55.3 Å². The van der Waals surface area contributed by atoms with E-state index < -0.39 is 5.41 Å². The first-order valence-corrected chi connectivity index (χ1v) is 20.9. The lowest BCUT2D eigenvalue weighted by molar-refractivity contribution is 0.563. The van der Waals surface area contributed by atoms with Gasteiger partial charge in [0.1, 0.15) is 11.2 Å². The topological polar surface area (TPSA) is 16.4 Å². The first-order chi connectivity index (χ1) is 29.5. The van der Waals surface area contributed by atoms with Crippen molar-refractivity contribution in [2.75, 3.05) is 4.90 Å². The van der Waals surface area contributed by atoms with E-state index >= 15 is 0 Å². The molecule has 10 aromatic rings. The van der Waals surface area contributed by atoms with Crippen LogP contribution in [0.15, 0.2) is 217 Å². The average Bonchev–Trinajstić information content (AvgIpc) is 3.82. The molecule has 0 saturated carbocycles. The molecule has 0 radical (unpaired) electrons. The summed E-state index contributed by atoms with van der Waals surface area (Å²) in [5.74, 6) is 0. The van der Waals surface area contributed by atoms with Gasteiger partial charge in [-0.15, -0.1) is 0 Å². The summed E-state index contributed by atoms with van der Waals surface area (Å²) < 4.78 is 6.28. The van der Waals surface area contributed by atoms with Gasteiger partial charge in [0.15, 0.2) is 0 Å². The molecule has 0 fully saturated rings. The molecule has 2 nitrogen and oxygen atoms in total. The Hall–Kier alpha value is -7.42. The summed E-state index contributed by atoms with van der Waals surface area (Å²) >= 11 is 0. The maximum absolute atomic E-state index is 6.28. The van der Waals surface area contributed by atoms with Crippen molar-refractivity contribution in [3.8, 4) is 33.4 Å². The van der Waals surface area contributed by atoms with Crippen LogP contribution >= 0.6 is 0 Å². The van der Waals surface area contributed by atoms with Crippen LogP contribution in [-0.2, 0) is 10.8 Å². The van der Waals surface area contributed by atoms with E-state index in [-0.39, 0.29) is 5.41 Å². The van der Waals surface area contributed by atoms with E-state index in [2.05, 4.69) is 219 Å². The third-order valence-corrected chi connectivity index (χ3v) is 13.3. The van der Waals surface area contributed by atoms with Crippen molar-refractivity contribution in [2.45, 2.75) is 24.7 Å². The van der Waals surface area contributed by atoms with Crippen LogP contribution in [0.1, 0.15) is 47.2 Å². The number of nitrogens with zero attached hydrogens (tertiary/aromatic N) is 1. The molecule has 9 aromatic carbocycles. The zero-order valence-electron chi connectivity index (χ0n) is 33.6. The second kappa shape index (κ2) is 13.0. The SMILES string of the molecule is CC1(C)c2ccccc2C2(c3ccccc3-c3ccc(-c4cccc(N(c5ccc(-c6ccccc6)cc5)c5ccc6oc7ccccc7c6c5)c4)cc32)c2ccccc21. The Morgan fingerprint density at radius 3 is 1.63 bits per heavy atom. The second-order valence-corrected chi connectivity index (χ2v) is 16.8. The first kappa shape index (κ1) is 34.6. The summed E-state index contributed by atoms with van der Waals surface area (Å²) in [5.41, 5.74) is 20.0. The highest BCUT2D eigenvalue weighted by atomic mass is 16.3. The maximum atomic E-state index is 6.28. The van der Waals surface area contributed by atoms with Crippen molar-refractivity contribution >= 4 is 39.0 Å². The third kappa shape index (κ3) is 4.94. The molecule has 1 aromatic heterocycles. The fourth-order valence-corrected chi connectivity index (χ4v) is 10.6. The van der Waals surface area contributed by atoms with E-state index in [1.807, 2.05) is 12.1 Å². The van der Waals surface area contributed by atoms with Crippen LogP contribution in [0.5, 0.6) is 0 Å². The van der Waals surface area contributed by atoms with Crippen LogP contribution in [0.4, 0.5) is 17.1 Å². The van der Waals surface area contributed by atoms with Gasteiger partial charge in [-0.05, 0) is 121 Å². The minimum atomic E-state index is -0.447. The molecule has 2 aliphatic rings. The first-order valence-electron chi connectivity index (χ1n) is 20.9. The van der Waals surface area contributed by atoms with Gasteiger partial charge in [-0.3, -0.25) is 0 Å². The van der Waals surface area contributed by atoms with E-state index in [9.17, 15) is 0 Å². The lowest BCUT2D eigenvalue weighted by Crippen LogP contribution is -2.40. The monoisotopic (exact) mass is 767 g/mol. The minimum absolute atomic E-state index is 0.142. The number of benzene rings is 9. The Bertz CT molecular complexity index is 3250. The van der Waals surface area contributed by atoms with Crippen molar-refractivity contribution in [1.29, 1.82) is 0 Å². The summed E-state index contributed by atoms with van der Waals surface area (Å²) in [7, 11) is 0. The van der Waals surface area contributed by atoms with Crippen molar-refractivity contribution in [2.24, 2.45) is 0 Å². The van der Waals surface area contributed by atoms with Crippen molar-refractivity contribution < 1.29 is 4.42 Å². The average molecular weight is 768 g/mol. The van der Waals surface area contributed by atoms with E-state index in [1.165, 1.54) is 66.8 Å². The molecule has 0 aliphatic heterocycles. The van der Waals surface area contributed by atoms with Gasteiger partial charge in [-0.2, -0.15) is 0 Å². The highest BCUT2D eigenvalue weighted by Crippen LogP contribution is 2.62. The van der Waals surface area contributed by atoms with E-state index in [0.29, 0.717) is 0 Å². The predicted molar refractivity (Wildman–Crippen MR) is 249 cm³/mol. The number of hydrogen-bond acceptors (Lipinski definition) is 2. The Morgan fingerprint density at radius 2 is 0.867 bits per heavy atom. The molecule has 0 atom stereocenters. The zero-order chi connectivity index (χ0) is 40.0. The van der Waals surface area contributed by atoms with Crippen LogP contribution in [0, 0.1) is 0 Å². The molecule has 2 heteroatoms. The summed E-state index contributed by atoms with van der Waals surface area (Å²) in [6.07, 6.45) is 0. The molecule has 12 rings (SSSR count). The normalized spacial score (nSPS) is 14.1. The van der Waals surface area contributed by atoms with Crippen molar-refractivity contribution in [3.05, 3.63) is 246 Å². The van der Waals surface area contributed by atoms with Crippen LogP contribution in [0.2, 0.25) is 0 Å². The molecule has 60 heavy (non-hydrogen) atoms. The highest BCUT2D eigenvalue weighted by Gasteiger charge is 2.53. The van der Waals surface area contributed by atoms with Gasteiger partial charge < -0.3 is 9.32 Å². The summed E-state index contributed by atoms with van der Waals surface area (Å²) in [4.78, 5) is 2.37. The smallest absolute Gasteiger partial charge is 0.135 e. The van der Waals surface area contributed by atoms with Gasteiger partial charge in [-0.25, -0.2) is 0 Å². The number of hydrogen-bond donors (Lipinski definition) is 0. The molecule has 0 saturated heterocycles. The van der Waals surface area contributed by atoms with Crippen LogP contribution in [-0.4, -0.2) is 0 Å². The molecule has 2 aliphatic carbocycles. The van der Waals surface area contributed by atoms with Gasteiger partial charge in [0.2, 0.25) is 0 Å². The molecule has 0 N–H and O–H groups in total. The standard InChI is InChI=1S/C58H41NO/c1-57(2)50-22-9-11-24-52(50)58(53-25-12-10-23-51(53)57)49-21-8-6-19-45(49)46-33-29-41(36-54(46)58)40-17-14-18-43(35-40)59(42-30-27-39(28-31-42)38-15-4-3-5-16-38)44-32-34-56-48(37-44)47-20-7-13-26-55(47)60-56/h3-37H,1-2H3. The minimum Gasteiger partial charge on any atom is -0.456 e. The molecule has 1 spiro atoms. The molecule has 1 heterocycles. The number of rotatable bonds is 5. The van der Waals surface area contributed by atoms with Crippen LogP contribution in [0.3, 0.4) is 0 Å².